The molecule has 28 heavy (non-hydrogen) atoms. The molecule has 0 radical (unpaired) electrons. The van der Waals surface area contributed by atoms with Gasteiger partial charge in [0.15, 0.2) is 0 Å². The molecule has 0 fully saturated rings. The van der Waals surface area contributed by atoms with Gasteiger partial charge in [0.2, 0.25) is 0 Å². The van der Waals surface area contributed by atoms with E-state index in [1.54, 1.807) is 23.7 Å². The largest absolute Gasteiger partial charge is 0.340 e. The maximum absolute atomic E-state index is 13.4. The topological polar surface area (TPSA) is 55.6 Å². The summed E-state index contributed by atoms with van der Waals surface area (Å²) in [6, 6.07) is 14.7. The first-order valence-electron chi connectivity index (χ1n) is 8.84. The van der Waals surface area contributed by atoms with Crippen LogP contribution in [0.3, 0.4) is 0 Å². The van der Waals surface area contributed by atoms with Crippen molar-refractivity contribution in [2.24, 2.45) is 0 Å². The standard InChI is InChI=1S/C21H16FN5S/c1-13-7-18-20(23-12-24-21(18)28-13)26-17-5-6-19-15(9-17)10-25-27(19)11-14-3-2-4-16(22)8-14/h2-10,12H,11H2,1H3,(H,23,24,26). The van der Waals surface area contributed by atoms with Crippen molar-refractivity contribution >= 4 is 44.0 Å². The highest BCUT2D eigenvalue weighted by Gasteiger charge is 2.09. The Labute approximate surface area is 164 Å². The molecule has 3 heterocycles. The smallest absolute Gasteiger partial charge is 0.142 e. The van der Waals surface area contributed by atoms with E-state index in [0.717, 1.165) is 38.2 Å². The van der Waals surface area contributed by atoms with Gasteiger partial charge in [-0.05, 0) is 48.9 Å². The second-order valence-electron chi connectivity index (χ2n) is 6.63. The zero-order chi connectivity index (χ0) is 19.1. The fraction of sp³-hybridized carbons (Fsp3) is 0.0952. The molecule has 0 aliphatic carbocycles. The number of nitrogens with zero attached hydrogens (tertiary/aromatic N) is 4. The average molecular weight is 389 g/mol. The molecule has 0 unspecified atom stereocenters. The van der Waals surface area contributed by atoms with Gasteiger partial charge in [-0.1, -0.05) is 12.1 Å². The van der Waals surface area contributed by atoms with Gasteiger partial charge in [-0.25, -0.2) is 14.4 Å². The maximum atomic E-state index is 13.4. The summed E-state index contributed by atoms with van der Waals surface area (Å²) in [6.07, 6.45) is 3.40. The third kappa shape index (κ3) is 3.10. The third-order valence-corrected chi connectivity index (χ3v) is 5.54. The molecule has 0 bridgehead atoms. The Hall–Kier alpha value is -3.32. The predicted molar refractivity (Wildman–Crippen MR) is 111 cm³/mol. The zero-order valence-corrected chi connectivity index (χ0v) is 15.9. The van der Waals surface area contributed by atoms with Crippen molar-refractivity contribution in [2.45, 2.75) is 13.5 Å². The van der Waals surface area contributed by atoms with Gasteiger partial charge in [0.05, 0.1) is 23.6 Å². The maximum Gasteiger partial charge on any atom is 0.142 e. The average Bonchev–Trinajstić information content (AvgIpc) is 3.25. The van der Waals surface area contributed by atoms with E-state index in [1.807, 2.05) is 35.1 Å². The molecule has 5 nitrogen and oxygen atoms in total. The minimum atomic E-state index is -0.236. The fourth-order valence-electron chi connectivity index (χ4n) is 3.31. The van der Waals surface area contributed by atoms with Crippen LogP contribution in [0.4, 0.5) is 15.9 Å². The van der Waals surface area contributed by atoms with E-state index < -0.39 is 0 Å². The number of aromatic nitrogens is 4. The van der Waals surface area contributed by atoms with Gasteiger partial charge >= 0.3 is 0 Å². The molecule has 0 saturated carbocycles. The number of thiophene rings is 1. The van der Waals surface area contributed by atoms with E-state index >= 15 is 0 Å². The van der Waals surface area contributed by atoms with E-state index in [4.69, 9.17) is 0 Å². The fourth-order valence-corrected chi connectivity index (χ4v) is 4.16. The number of nitrogens with one attached hydrogen (secondary N) is 1. The molecule has 1 N–H and O–H groups in total. The highest BCUT2D eigenvalue weighted by atomic mass is 32.1. The summed E-state index contributed by atoms with van der Waals surface area (Å²) in [6.45, 7) is 2.59. The molecule has 0 atom stereocenters. The number of fused-ring (bicyclic) bond motifs is 2. The third-order valence-electron chi connectivity index (χ3n) is 4.58. The van der Waals surface area contributed by atoms with Crippen molar-refractivity contribution in [1.29, 1.82) is 0 Å². The molecule has 0 spiro atoms. The van der Waals surface area contributed by atoms with E-state index in [1.165, 1.54) is 17.0 Å². The molecule has 0 saturated heterocycles. The van der Waals surface area contributed by atoms with Crippen LogP contribution in [0, 0.1) is 12.7 Å². The number of benzene rings is 2. The second kappa shape index (κ2) is 6.69. The normalized spacial score (nSPS) is 11.4. The van der Waals surface area contributed by atoms with E-state index in [-0.39, 0.29) is 5.82 Å². The Morgan fingerprint density at radius 1 is 1.11 bits per heavy atom. The molecule has 3 aromatic heterocycles. The highest BCUT2D eigenvalue weighted by molar-refractivity contribution is 7.18. The summed E-state index contributed by atoms with van der Waals surface area (Å²) in [5, 5.41) is 9.88. The van der Waals surface area contributed by atoms with Crippen molar-refractivity contribution < 1.29 is 4.39 Å². The minimum absolute atomic E-state index is 0.236. The van der Waals surface area contributed by atoms with Gasteiger partial charge in [0.25, 0.3) is 0 Å². The Morgan fingerprint density at radius 3 is 2.93 bits per heavy atom. The molecule has 0 amide bonds. The van der Waals surface area contributed by atoms with E-state index in [0.29, 0.717) is 6.54 Å². The lowest BCUT2D eigenvalue weighted by Gasteiger charge is -2.08. The van der Waals surface area contributed by atoms with Crippen LogP contribution in [0.2, 0.25) is 0 Å². The number of halogens is 1. The lowest BCUT2D eigenvalue weighted by atomic mass is 10.2. The zero-order valence-electron chi connectivity index (χ0n) is 15.1. The minimum Gasteiger partial charge on any atom is -0.340 e. The monoisotopic (exact) mass is 389 g/mol. The van der Waals surface area contributed by atoms with Crippen molar-refractivity contribution in [3.05, 3.63) is 77.3 Å². The Morgan fingerprint density at radius 2 is 2.04 bits per heavy atom. The number of aryl methyl sites for hydroxylation is 1. The lowest BCUT2D eigenvalue weighted by Crippen LogP contribution is -2.01. The van der Waals surface area contributed by atoms with Crippen LogP contribution >= 0.6 is 11.3 Å². The van der Waals surface area contributed by atoms with Crippen LogP contribution in [0.15, 0.2) is 61.1 Å². The quantitative estimate of drug-likeness (QED) is 0.454. The molecule has 2 aromatic carbocycles. The Kier molecular flexibility index (Phi) is 4.02. The first-order chi connectivity index (χ1) is 13.7. The Balaban J connectivity index is 1.46. The van der Waals surface area contributed by atoms with Crippen LogP contribution in [-0.4, -0.2) is 19.7 Å². The highest BCUT2D eigenvalue weighted by Crippen LogP contribution is 2.30. The molecule has 0 aliphatic heterocycles. The van der Waals surface area contributed by atoms with Gasteiger partial charge in [-0.3, -0.25) is 4.68 Å². The van der Waals surface area contributed by atoms with Crippen molar-refractivity contribution in [1.82, 2.24) is 19.7 Å². The molecule has 7 heteroatoms. The van der Waals surface area contributed by atoms with Crippen molar-refractivity contribution in [3.63, 3.8) is 0 Å². The first kappa shape index (κ1) is 16.8. The van der Waals surface area contributed by atoms with Crippen molar-refractivity contribution in [2.75, 3.05) is 5.32 Å². The number of anilines is 2. The van der Waals surface area contributed by atoms with E-state index in [9.17, 15) is 4.39 Å². The van der Waals surface area contributed by atoms with Crippen LogP contribution in [-0.2, 0) is 6.54 Å². The van der Waals surface area contributed by atoms with Gasteiger partial charge in [0, 0.05) is 16.0 Å². The summed E-state index contributed by atoms with van der Waals surface area (Å²) < 4.78 is 15.3. The number of hydrogen-bond donors (Lipinski definition) is 1. The number of rotatable bonds is 4. The summed E-state index contributed by atoms with van der Waals surface area (Å²) in [4.78, 5) is 10.9. The van der Waals surface area contributed by atoms with Crippen LogP contribution in [0.25, 0.3) is 21.1 Å². The van der Waals surface area contributed by atoms with Crippen molar-refractivity contribution in [3.8, 4) is 0 Å². The molecular formula is C21H16FN5S. The summed E-state index contributed by atoms with van der Waals surface area (Å²) in [7, 11) is 0. The first-order valence-corrected chi connectivity index (χ1v) is 9.65. The molecule has 0 aliphatic rings. The Bertz CT molecular complexity index is 1310. The van der Waals surface area contributed by atoms with Crippen LogP contribution in [0.5, 0.6) is 0 Å². The molecule has 5 aromatic rings. The van der Waals surface area contributed by atoms with Crippen LogP contribution < -0.4 is 5.32 Å². The molecular weight excluding hydrogens is 373 g/mol. The van der Waals surface area contributed by atoms with Gasteiger partial charge in [0.1, 0.15) is 22.8 Å². The lowest BCUT2D eigenvalue weighted by molar-refractivity contribution is 0.621. The van der Waals surface area contributed by atoms with Gasteiger partial charge < -0.3 is 5.32 Å². The summed E-state index contributed by atoms with van der Waals surface area (Å²) in [5.41, 5.74) is 2.80. The summed E-state index contributed by atoms with van der Waals surface area (Å²) in [5.74, 6) is 0.557. The molecule has 138 valence electrons. The van der Waals surface area contributed by atoms with E-state index in [2.05, 4.69) is 33.4 Å². The predicted octanol–water partition coefficient (Wildman–Crippen LogP) is 5.28. The van der Waals surface area contributed by atoms with Gasteiger partial charge in [-0.2, -0.15) is 5.10 Å². The van der Waals surface area contributed by atoms with Crippen LogP contribution in [0.1, 0.15) is 10.4 Å². The SMILES string of the molecule is Cc1cc2c(Nc3ccc4c(cnn4Cc4cccc(F)c4)c3)ncnc2s1. The summed E-state index contributed by atoms with van der Waals surface area (Å²) >= 11 is 1.65. The number of hydrogen-bond acceptors (Lipinski definition) is 5. The molecule has 5 rings (SSSR count). The second-order valence-corrected chi connectivity index (χ2v) is 7.86. The van der Waals surface area contributed by atoms with Gasteiger partial charge in [-0.15, -0.1) is 11.3 Å².